The molecule has 2 aromatic heterocycles. The zero-order chi connectivity index (χ0) is 51.2. The SMILES string of the molecule is CSSC(C)c1ccccc1C(=O)OC1C[C@H](n2cc(C#CCNC(=O)COCCOC(=O)c3ccccc3C(C)SSCCN)c3c(=O)[nH]c(N)nc32)O[C@@H]1COP(=O)(O)OP(=O)(O)OP(=O)(O)O. The minimum Gasteiger partial charge on any atom is -0.460 e. The van der Waals surface area contributed by atoms with Crippen LogP contribution in [0.15, 0.2) is 59.5 Å². The van der Waals surface area contributed by atoms with Crippen molar-refractivity contribution in [3.63, 3.8) is 0 Å². The van der Waals surface area contributed by atoms with Gasteiger partial charge in [0.25, 0.3) is 5.56 Å². The molecule has 0 radical (unpaired) electrons. The summed E-state index contributed by atoms with van der Waals surface area (Å²) in [4.78, 5) is 96.8. The molecule has 10 N–H and O–H groups in total. The molecule has 70 heavy (non-hydrogen) atoms. The van der Waals surface area contributed by atoms with Crippen molar-refractivity contribution in [1.82, 2.24) is 19.9 Å². The number of esters is 2. The number of nitrogens with zero attached hydrogens (tertiary/aromatic N) is 2. The van der Waals surface area contributed by atoms with Crippen molar-refractivity contribution in [1.29, 1.82) is 0 Å². The molecule has 1 aliphatic rings. The third kappa shape index (κ3) is 17.0. The molecule has 0 aliphatic carbocycles. The zero-order valence-corrected chi connectivity index (χ0v) is 43.2. The van der Waals surface area contributed by atoms with Crippen molar-refractivity contribution in [3.05, 3.63) is 92.9 Å². The van der Waals surface area contributed by atoms with E-state index in [0.717, 1.165) is 11.3 Å². The first kappa shape index (κ1) is 57.2. The molecule has 382 valence electrons. The summed E-state index contributed by atoms with van der Waals surface area (Å²) in [5, 5.41) is 2.33. The first-order valence-electron chi connectivity index (χ1n) is 20.5. The molecule has 0 saturated carbocycles. The smallest absolute Gasteiger partial charge is 0.460 e. The molecule has 2 aromatic carbocycles. The highest BCUT2D eigenvalue weighted by atomic mass is 33.1. The summed E-state index contributed by atoms with van der Waals surface area (Å²) in [6, 6.07) is 13.7. The van der Waals surface area contributed by atoms with Crippen LogP contribution in [0.1, 0.15) is 74.4 Å². The number of rotatable bonds is 25. The van der Waals surface area contributed by atoms with E-state index in [1.165, 1.54) is 38.4 Å². The predicted molar refractivity (Wildman–Crippen MR) is 263 cm³/mol. The second-order valence-corrected chi connectivity index (χ2v) is 24.5. The summed E-state index contributed by atoms with van der Waals surface area (Å²) in [7, 11) is -11.1. The van der Waals surface area contributed by atoms with Gasteiger partial charge in [-0.25, -0.2) is 23.3 Å². The second kappa shape index (κ2) is 26.3. The number of nitrogens with one attached hydrogen (secondary N) is 2. The number of aromatic amines is 1. The van der Waals surface area contributed by atoms with E-state index in [9.17, 15) is 42.7 Å². The van der Waals surface area contributed by atoms with Crippen LogP contribution in [0.4, 0.5) is 5.95 Å². The number of ether oxygens (including phenoxy) is 4. The predicted octanol–water partition coefficient (Wildman–Crippen LogP) is 4.98. The molecule has 7 atom stereocenters. The van der Waals surface area contributed by atoms with Crippen LogP contribution < -0.4 is 22.3 Å². The van der Waals surface area contributed by atoms with Crippen molar-refractivity contribution >= 4 is 101 Å². The standard InChI is InChI=1S/C39H49N6O18P3S4/c1-23(69-67-3)26-10-5-7-13-29(26)38(49)61-30-19-33(60-31(30)21-59-65(53,54)63-66(55,56)62-64(50,51)52)45-20-25(34-35(45)43-39(41)44-36(34)47)9-8-15-42-32(46)22-57-16-17-58-37(48)28-12-6-4-11-27(28)24(2)70-68-18-14-40/h4-7,10-13,20,23-24,30-31,33H,14-19,21-22,40H2,1-3H3,(H,42,46)(H,53,54)(H,55,56)(H2,50,51,52)(H3,41,43,44,47)/t23?,24?,30?,31-,33-/m1/s1. The van der Waals surface area contributed by atoms with Gasteiger partial charge in [0.05, 0.1) is 41.8 Å². The van der Waals surface area contributed by atoms with Gasteiger partial charge < -0.3 is 59.9 Å². The van der Waals surface area contributed by atoms with Gasteiger partial charge in [-0.05, 0) is 43.4 Å². The van der Waals surface area contributed by atoms with Crippen molar-refractivity contribution in [3.8, 4) is 11.8 Å². The van der Waals surface area contributed by atoms with Gasteiger partial charge in [-0.15, -0.1) is 0 Å². The number of hydrogen-bond acceptors (Lipinski definition) is 21. The van der Waals surface area contributed by atoms with E-state index in [4.69, 9.17) is 44.7 Å². The van der Waals surface area contributed by atoms with Crippen LogP contribution in [0.3, 0.4) is 0 Å². The van der Waals surface area contributed by atoms with Gasteiger partial charge in [0.1, 0.15) is 31.6 Å². The number of nitrogen functional groups attached to an aromatic ring is 1. The fourth-order valence-electron chi connectivity index (χ4n) is 6.59. The average molecular weight is 1110 g/mol. The van der Waals surface area contributed by atoms with Gasteiger partial charge in [-0.2, -0.15) is 13.6 Å². The average Bonchev–Trinajstić information content (AvgIpc) is 3.86. The third-order valence-electron chi connectivity index (χ3n) is 9.45. The Balaban J connectivity index is 1.27. The number of carbonyl (C=O) groups excluding carboxylic acids is 3. The van der Waals surface area contributed by atoms with Gasteiger partial charge in [-0.1, -0.05) is 91.4 Å². The van der Waals surface area contributed by atoms with Crippen molar-refractivity contribution in [2.75, 3.05) is 57.3 Å². The number of anilines is 1. The van der Waals surface area contributed by atoms with Crippen LogP contribution >= 0.6 is 66.6 Å². The summed E-state index contributed by atoms with van der Waals surface area (Å²) in [6.07, 6.45) is -0.950. The minimum absolute atomic E-state index is 0.00161. The van der Waals surface area contributed by atoms with E-state index in [1.54, 1.807) is 51.9 Å². The maximum atomic E-state index is 13.8. The Labute approximate surface area is 416 Å². The number of hydrogen-bond donors (Lipinski definition) is 8. The van der Waals surface area contributed by atoms with Crippen LogP contribution in [0.5, 0.6) is 0 Å². The van der Waals surface area contributed by atoms with Gasteiger partial charge in [0.2, 0.25) is 11.9 Å². The minimum atomic E-state index is -5.88. The van der Waals surface area contributed by atoms with Crippen molar-refractivity contribution in [2.45, 2.75) is 49.2 Å². The fraction of sp³-hybridized carbons (Fsp3) is 0.410. The maximum absolute atomic E-state index is 13.8. The quantitative estimate of drug-likeness (QED) is 0.0143. The van der Waals surface area contributed by atoms with E-state index < -0.39 is 71.9 Å². The number of benzene rings is 2. The van der Waals surface area contributed by atoms with Crippen LogP contribution in [-0.2, 0) is 50.6 Å². The summed E-state index contributed by atoms with van der Waals surface area (Å²) in [5.41, 5.74) is 12.9. The maximum Gasteiger partial charge on any atom is 0.490 e. The number of amides is 1. The van der Waals surface area contributed by atoms with Gasteiger partial charge in [-0.3, -0.25) is 19.1 Å². The first-order chi connectivity index (χ1) is 33.1. The Morgan fingerprint density at radius 2 is 1.63 bits per heavy atom. The molecule has 5 rings (SSSR count). The van der Waals surface area contributed by atoms with E-state index in [2.05, 4.69) is 35.7 Å². The summed E-state index contributed by atoms with van der Waals surface area (Å²) in [5.74, 6) is 4.09. The highest BCUT2D eigenvalue weighted by Gasteiger charge is 2.45. The number of aromatic nitrogens is 3. The molecule has 24 nitrogen and oxygen atoms in total. The molecule has 31 heteroatoms. The Bertz CT molecular complexity index is 2770. The molecule has 5 unspecified atom stereocenters. The summed E-state index contributed by atoms with van der Waals surface area (Å²) < 4.78 is 72.5. The Morgan fingerprint density at radius 1 is 0.971 bits per heavy atom. The van der Waals surface area contributed by atoms with Gasteiger partial charge >= 0.3 is 35.4 Å². The van der Waals surface area contributed by atoms with Crippen LogP contribution in [0.2, 0.25) is 0 Å². The molecule has 3 heterocycles. The lowest BCUT2D eigenvalue weighted by atomic mass is 10.0. The molecule has 1 aliphatic heterocycles. The molecular weight excluding hydrogens is 1060 g/mol. The van der Waals surface area contributed by atoms with Crippen molar-refractivity contribution in [2.24, 2.45) is 5.73 Å². The Morgan fingerprint density at radius 3 is 2.29 bits per heavy atom. The third-order valence-corrected chi connectivity index (χ3v) is 18.3. The number of H-pyrrole nitrogens is 1. The molecule has 1 saturated heterocycles. The monoisotopic (exact) mass is 1110 g/mol. The lowest BCUT2D eigenvalue weighted by molar-refractivity contribution is -0.125. The number of phosphoric ester groups is 1. The lowest BCUT2D eigenvalue weighted by Gasteiger charge is -2.22. The van der Waals surface area contributed by atoms with Crippen LogP contribution in [0.25, 0.3) is 11.0 Å². The Hall–Kier alpha value is -3.68. The zero-order valence-electron chi connectivity index (χ0n) is 37.3. The molecule has 4 aromatic rings. The van der Waals surface area contributed by atoms with Crippen molar-refractivity contribution < 1.29 is 79.7 Å². The molecule has 1 fully saturated rings. The van der Waals surface area contributed by atoms with E-state index >= 15 is 0 Å². The lowest BCUT2D eigenvalue weighted by Crippen LogP contribution is -2.31. The molecule has 1 amide bonds. The topological polar surface area (TPSA) is 363 Å². The van der Waals surface area contributed by atoms with Crippen LogP contribution in [-0.4, -0.2) is 116 Å². The normalized spacial score (nSPS) is 18.5. The van der Waals surface area contributed by atoms with E-state index in [-0.39, 0.29) is 71.4 Å². The van der Waals surface area contributed by atoms with Gasteiger partial charge in [0, 0.05) is 35.4 Å². The number of nitrogens with two attached hydrogens (primary N) is 2. The number of carbonyl (C=O) groups is 3. The van der Waals surface area contributed by atoms with Crippen LogP contribution in [0, 0.1) is 11.8 Å². The van der Waals surface area contributed by atoms with E-state index in [0.29, 0.717) is 17.7 Å². The summed E-state index contributed by atoms with van der Waals surface area (Å²) >= 11 is 0. The summed E-state index contributed by atoms with van der Waals surface area (Å²) in [6.45, 7) is 2.62. The van der Waals surface area contributed by atoms with E-state index in [1.807, 2.05) is 32.2 Å². The number of phosphoric acid groups is 3. The molecule has 0 bridgehead atoms. The highest BCUT2D eigenvalue weighted by molar-refractivity contribution is 8.77. The number of fused-ring (bicyclic) bond motifs is 1. The van der Waals surface area contributed by atoms with Gasteiger partial charge in [0.15, 0.2) is 5.65 Å². The molecular formula is C39H49N6O18P3S4. The second-order valence-electron chi connectivity index (χ2n) is 14.5. The Kier molecular flexibility index (Phi) is 21.5. The fourth-order valence-corrected chi connectivity index (χ4v) is 13.6. The highest BCUT2D eigenvalue weighted by Crippen LogP contribution is 2.66. The molecule has 0 spiro atoms. The first-order valence-corrected chi connectivity index (χ1v) is 30.1. The largest absolute Gasteiger partial charge is 0.490 e.